The molecule has 0 radical (unpaired) electrons. The molecule has 30 heavy (non-hydrogen) atoms. The van der Waals surface area contributed by atoms with E-state index < -0.39 is 36.0 Å². The number of rotatable bonds is 10. The molecule has 9 nitrogen and oxygen atoms in total. The van der Waals surface area contributed by atoms with Crippen LogP contribution in [0.3, 0.4) is 0 Å². The van der Waals surface area contributed by atoms with Crippen LogP contribution in [0.5, 0.6) is 11.5 Å². The molecule has 3 N–H and O–H groups in total. The van der Waals surface area contributed by atoms with Crippen LogP contribution in [0.25, 0.3) is 0 Å². The summed E-state index contributed by atoms with van der Waals surface area (Å²) >= 11 is 1.49. The second-order valence-corrected chi connectivity index (χ2v) is 8.12. The predicted molar refractivity (Wildman–Crippen MR) is 112 cm³/mol. The average Bonchev–Trinajstić information content (AvgIpc) is 2.75. The maximum absolute atomic E-state index is 12.8. The van der Waals surface area contributed by atoms with Gasteiger partial charge in [-0.15, -0.1) is 0 Å². The molecule has 1 aliphatic heterocycles. The van der Waals surface area contributed by atoms with Gasteiger partial charge in [0.15, 0.2) is 11.5 Å². The van der Waals surface area contributed by atoms with Gasteiger partial charge in [-0.2, -0.15) is 11.8 Å². The van der Waals surface area contributed by atoms with Crippen molar-refractivity contribution in [3.8, 4) is 11.5 Å². The minimum Gasteiger partial charge on any atom is -0.493 e. The molecular formula is C20H28N2O7S. The van der Waals surface area contributed by atoms with E-state index in [0.717, 1.165) is 5.56 Å². The number of nitrogens with zero attached hydrogens (tertiary/aromatic N) is 1. The number of carboxylic acids is 2. The average molecular weight is 441 g/mol. The number of aryl methyl sites for hydroxylation is 1. The van der Waals surface area contributed by atoms with E-state index in [1.54, 1.807) is 19.1 Å². The van der Waals surface area contributed by atoms with Gasteiger partial charge in [0, 0.05) is 18.1 Å². The van der Waals surface area contributed by atoms with E-state index in [1.807, 2.05) is 6.07 Å². The lowest BCUT2D eigenvalue weighted by atomic mass is 10.0. The van der Waals surface area contributed by atoms with Crippen molar-refractivity contribution in [2.45, 2.75) is 37.9 Å². The van der Waals surface area contributed by atoms with Gasteiger partial charge in [0.25, 0.3) is 0 Å². The lowest BCUT2D eigenvalue weighted by molar-refractivity contribution is -0.150. The Morgan fingerprint density at radius 1 is 1.23 bits per heavy atom. The summed E-state index contributed by atoms with van der Waals surface area (Å²) < 4.78 is 10.5. The van der Waals surface area contributed by atoms with Crippen LogP contribution in [0.15, 0.2) is 18.2 Å². The van der Waals surface area contributed by atoms with Gasteiger partial charge in [0.1, 0.15) is 12.1 Å². The summed E-state index contributed by atoms with van der Waals surface area (Å²) in [4.78, 5) is 37.3. The third-order valence-corrected chi connectivity index (χ3v) is 6.01. The van der Waals surface area contributed by atoms with E-state index in [4.69, 9.17) is 9.47 Å². The lowest BCUT2D eigenvalue weighted by Crippen LogP contribution is -2.57. The maximum Gasteiger partial charge on any atom is 0.327 e. The number of ether oxygens (including phenoxy) is 2. The van der Waals surface area contributed by atoms with E-state index in [0.29, 0.717) is 36.0 Å². The van der Waals surface area contributed by atoms with Crippen LogP contribution in [-0.2, 0) is 20.8 Å². The number of nitrogens with one attached hydrogen (secondary N) is 1. The molecule has 0 bridgehead atoms. The van der Waals surface area contributed by atoms with Crippen molar-refractivity contribution in [2.75, 3.05) is 32.3 Å². The number of carbonyl (C=O) groups excluding carboxylic acids is 1. The highest BCUT2D eigenvalue weighted by Crippen LogP contribution is 2.28. The number of amides is 1. The summed E-state index contributed by atoms with van der Waals surface area (Å²) in [6.45, 7) is 1.89. The standard InChI is InChI=1S/C20H28N2O7S/c1-12(18(23)22-8-9-30-11-15(22)20(26)27)21-14(19(24)25)6-4-13-5-7-16(28-2)17(10-13)29-3/h5,7,10,12,14-15,21H,4,6,8-9,11H2,1-3H3,(H,24,25)(H,26,27). The summed E-state index contributed by atoms with van der Waals surface area (Å²) in [5.74, 6) is -0.397. The van der Waals surface area contributed by atoms with Crippen molar-refractivity contribution >= 4 is 29.6 Å². The molecule has 0 aliphatic carbocycles. The zero-order chi connectivity index (χ0) is 22.3. The molecule has 1 aromatic carbocycles. The number of carbonyl (C=O) groups is 3. The Labute approximate surface area is 179 Å². The molecule has 0 saturated carbocycles. The summed E-state index contributed by atoms with van der Waals surface area (Å²) in [7, 11) is 3.07. The van der Waals surface area contributed by atoms with Crippen LogP contribution >= 0.6 is 11.8 Å². The topological polar surface area (TPSA) is 125 Å². The summed E-state index contributed by atoms with van der Waals surface area (Å²) in [5, 5.41) is 21.8. The molecular weight excluding hydrogens is 412 g/mol. The number of aliphatic carboxylic acids is 2. The molecule has 1 amide bonds. The fourth-order valence-electron chi connectivity index (χ4n) is 3.32. The first-order chi connectivity index (χ1) is 14.3. The van der Waals surface area contributed by atoms with Gasteiger partial charge in [0.2, 0.25) is 5.91 Å². The van der Waals surface area contributed by atoms with Gasteiger partial charge in [-0.1, -0.05) is 6.07 Å². The summed E-state index contributed by atoms with van der Waals surface area (Å²) in [6, 6.07) is 2.70. The van der Waals surface area contributed by atoms with Crippen molar-refractivity contribution in [2.24, 2.45) is 0 Å². The quantitative estimate of drug-likeness (QED) is 0.490. The number of methoxy groups -OCH3 is 2. The third kappa shape index (κ3) is 6.02. The van der Waals surface area contributed by atoms with Crippen LogP contribution in [-0.4, -0.2) is 83.4 Å². The second-order valence-electron chi connectivity index (χ2n) is 6.97. The van der Waals surface area contributed by atoms with Gasteiger partial charge >= 0.3 is 11.9 Å². The second kappa shape index (κ2) is 11.1. The molecule has 0 aromatic heterocycles. The van der Waals surface area contributed by atoms with Gasteiger partial charge < -0.3 is 24.6 Å². The number of hydrogen-bond donors (Lipinski definition) is 3. The monoisotopic (exact) mass is 440 g/mol. The molecule has 166 valence electrons. The van der Waals surface area contributed by atoms with Crippen molar-refractivity contribution in [1.29, 1.82) is 0 Å². The highest BCUT2D eigenvalue weighted by atomic mass is 32.2. The van der Waals surface area contributed by atoms with Gasteiger partial charge in [-0.25, -0.2) is 4.79 Å². The zero-order valence-electron chi connectivity index (χ0n) is 17.3. The van der Waals surface area contributed by atoms with Gasteiger partial charge in [-0.05, 0) is 37.5 Å². The molecule has 1 saturated heterocycles. The first-order valence-electron chi connectivity index (χ1n) is 9.59. The normalized spacial score (nSPS) is 18.4. The first-order valence-corrected chi connectivity index (χ1v) is 10.7. The van der Waals surface area contributed by atoms with Gasteiger partial charge in [0.05, 0.1) is 20.3 Å². The number of benzene rings is 1. The highest BCUT2D eigenvalue weighted by molar-refractivity contribution is 7.99. The molecule has 3 unspecified atom stereocenters. The number of hydrogen-bond acceptors (Lipinski definition) is 7. The fraction of sp³-hybridized carbons (Fsp3) is 0.550. The minimum absolute atomic E-state index is 0.251. The Balaban J connectivity index is 2.01. The van der Waals surface area contributed by atoms with Crippen molar-refractivity contribution in [3.63, 3.8) is 0 Å². The summed E-state index contributed by atoms with van der Waals surface area (Å²) in [6.07, 6.45) is 0.698. The van der Waals surface area contributed by atoms with Crippen LogP contribution < -0.4 is 14.8 Å². The SMILES string of the molecule is COc1ccc(CCC(NC(C)C(=O)N2CCSCC2C(=O)O)C(=O)O)cc1OC. The Bertz CT molecular complexity index is 774. The smallest absolute Gasteiger partial charge is 0.327 e. The van der Waals surface area contributed by atoms with E-state index in [2.05, 4.69) is 5.32 Å². The largest absolute Gasteiger partial charge is 0.493 e. The van der Waals surface area contributed by atoms with Crippen LogP contribution in [0.1, 0.15) is 18.9 Å². The Hall–Kier alpha value is -2.46. The highest BCUT2D eigenvalue weighted by Gasteiger charge is 2.35. The molecule has 1 fully saturated rings. The van der Waals surface area contributed by atoms with Crippen molar-refractivity contribution in [3.05, 3.63) is 23.8 Å². The summed E-state index contributed by atoms with van der Waals surface area (Å²) in [5.41, 5.74) is 0.874. The van der Waals surface area contributed by atoms with Crippen molar-refractivity contribution in [1.82, 2.24) is 10.2 Å². The fourth-order valence-corrected chi connectivity index (χ4v) is 4.36. The lowest BCUT2D eigenvalue weighted by Gasteiger charge is -2.35. The Morgan fingerprint density at radius 3 is 2.53 bits per heavy atom. The van der Waals surface area contributed by atoms with Crippen LogP contribution in [0.2, 0.25) is 0 Å². The van der Waals surface area contributed by atoms with Crippen molar-refractivity contribution < 1.29 is 34.1 Å². The predicted octanol–water partition coefficient (Wildman–Crippen LogP) is 1.10. The molecule has 2 rings (SSSR count). The minimum atomic E-state index is -1.07. The zero-order valence-corrected chi connectivity index (χ0v) is 18.1. The van der Waals surface area contributed by atoms with E-state index in [1.165, 1.54) is 30.9 Å². The first kappa shape index (κ1) is 23.8. The molecule has 1 aromatic rings. The van der Waals surface area contributed by atoms with Gasteiger partial charge in [-0.3, -0.25) is 14.9 Å². The Kier molecular flexibility index (Phi) is 8.79. The molecule has 10 heteroatoms. The van der Waals surface area contributed by atoms with Crippen LogP contribution in [0, 0.1) is 0 Å². The molecule has 0 spiro atoms. The van der Waals surface area contributed by atoms with E-state index in [-0.39, 0.29) is 6.42 Å². The van der Waals surface area contributed by atoms with E-state index >= 15 is 0 Å². The third-order valence-electron chi connectivity index (χ3n) is 4.99. The van der Waals surface area contributed by atoms with E-state index in [9.17, 15) is 24.6 Å². The Morgan fingerprint density at radius 2 is 1.93 bits per heavy atom. The molecule has 1 aliphatic rings. The molecule has 3 atom stereocenters. The maximum atomic E-state index is 12.8. The number of thioether (sulfide) groups is 1. The molecule has 1 heterocycles. The number of carboxylic acid groups (broad SMARTS) is 2. The van der Waals surface area contributed by atoms with Crippen LogP contribution in [0.4, 0.5) is 0 Å².